The number of carbonyl (C=O) groups is 1. The molecule has 0 radical (unpaired) electrons. The summed E-state index contributed by atoms with van der Waals surface area (Å²) in [5.41, 5.74) is 1.49. The quantitative estimate of drug-likeness (QED) is 0.900. The summed E-state index contributed by atoms with van der Waals surface area (Å²) in [6.45, 7) is 4.20. The zero-order valence-electron chi connectivity index (χ0n) is 11.7. The molecule has 2 aromatic rings. The molecular weight excluding hydrogens is 308 g/mol. The number of aryl methyl sites for hydroxylation is 2. The molecule has 0 saturated heterocycles. The van der Waals surface area contributed by atoms with Crippen LogP contribution in [0.4, 0.5) is 0 Å². The van der Waals surface area contributed by atoms with Gasteiger partial charge in [-0.1, -0.05) is 12.1 Å². The van der Waals surface area contributed by atoms with E-state index in [2.05, 4.69) is 5.32 Å². The van der Waals surface area contributed by atoms with Gasteiger partial charge in [-0.05, 0) is 37.6 Å². The number of carbonyl (C=O) groups excluding carboxylic acids is 1. The lowest BCUT2D eigenvalue weighted by Crippen LogP contribution is -2.23. The zero-order chi connectivity index (χ0) is 15.6. The van der Waals surface area contributed by atoms with Crippen molar-refractivity contribution in [1.82, 2.24) is 5.32 Å². The third kappa shape index (κ3) is 3.90. The smallest absolute Gasteiger partial charge is 0.252 e. The fourth-order valence-electron chi connectivity index (χ4n) is 1.93. The highest BCUT2D eigenvalue weighted by molar-refractivity contribution is 7.89. The van der Waals surface area contributed by atoms with Crippen molar-refractivity contribution in [2.75, 3.05) is 0 Å². The Morgan fingerprint density at radius 2 is 1.86 bits per heavy atom. The first-order valence-corrected chi connectivity index (χ1v) is 8.60. The maximum absolute atomic E-state index is 12.1. The Kier molecular flexibility index (Phi) is 4.46. The second kappa shape index (κ2) is 5.97. The average molecular weight is 324 g/mol. The fourth-order valence-corrected chi connectivity index (χ4v) is 3.37. The van der Waals surface area contributed by atoms with Gasteiger partial charge in [-0.25, -0.2) is 13.6 Å². The van der Waals surface area contributed by atoms with Crippen LogP contribution in [0, 0.1) is 13.8 Å². The molecule has 21 heavy (non-hydrogen) atoms. The Bertz CT molecular complexity index is 762. The maximum atomic E-state index is 12.1. The summed E-state index contributed by atoms with van der Waals surface area (Å²) in [6.07, 6.45) is 0. The number of hydrogen-bond donors (Lipinski definition) is 2. The molecule has 1 aromatic heterocycles. The number of nitrogens with two attached hydrogens (primary N) is 1. The molecule has 0 spiro atoms. The van der Waals surface area contributed by atoms with E-state index in [1.54, 1.807) is 23.5 Å². The van der Waals surface area contributed by atoms with E-state index in [0.717, 1.165) is 15.3 Å². The van der Waals surface area contributed by atoms with Crippen molar-refractivity contribution in [2.45, 2.75) is 25.3 Å². The van der Waals surface area contributed by atoms with Gasteiger partial charge in [-0.2, -0.15) is 0 Å². The molecule has 0 fully saturated rings. The molecule has 0 bridgehead atoms. The number of sulfonamides is 1. The van der Waals surface area contributed by atoms with Gasteiger partial charge in [0.25, 0.3) is 5.91 Å². The second-order valence-corrected chi connectivity index (χ2v) is 7.72. The van der Waals surface area contributed by atoms with Crippen LogP contribution in [-0.2, 0) is 16.6 Å². The summed E-state index contributed by atoms with van der Waals surface area (Å²) in [4.78, 5) is 14.2. The number of hydrogen-bond acceptors (Lipinski definition) is 4. The van der Waals surface area contributed by atoms with Crippen LogP contribution in [0.15, 0.2) is 35.2 Å². The summed E-state index contributed by atoms with van der Waals surface area (Å²) < 4.78 is 22.3. The van der Waals surface area contributed by atoms with Crippen molar-refractivity contribution < 1.29 is 13.2 Å². The lowest BCUT2D eigenvalue weighted by molar-refractivity contribution is 0.0950. The molecule has 0 aliphatic rings. The molecule has 7 heteroatoms. The minimum atomic E-state index is -3.68. The molecule has 1 amide bonds. The van der Waals surface area contributed by atoms with Crippen LogP contribution in [0.25, 0.3) is 0 Å². The Morgan fingerprint density at radius 3 is 2.33 bits per heavy atom. The van der Waals surface area contributed by atoms with E-state index in [4.69, 9.17) is 5.14 Å². The predicted molar refractivity (Wildman–Crippen MR) is 82.8 cm³/mol. The van der Waals surface area contributed by atoms with Crippen LogP contribution in [0.5, 0.6) is 0 Å². The molecule has 0 saturated carbocycles. The number of thiophene rings is 1. The van der Waals surface area contributed by atoms with Gasteiger partial charge in [0.15, 0.2) is 0 Å². The summed E-state index contributed by atoms with van der Waals surface area (Å²) >= 11 is 1.58. The normalized spacial score (nSPS) is 11.4. The highest BCUT2D eigenvalue weighted by Crippen LogP contribution is 2.20. The van der Waals surface area contributed by atoms with Gasteiger partial charge >= 0.3 is 0 Å². The van der Waals surface area contributed by atoms with E-state index in [-0.39, 0.29) is 10.8 Å². The number of nitrogens with one attached hydrogen (secondary N) is 1. The van der Waals surface area contributed by atoms with Crippen LogP contribution in [0.3, 0.4) is 0 Å². The Labute approximate surface area is 127 Å². The van der Waals surface area contributed by atoms with E-state index < -0.39 is 10.0 Å². The van der Waals surface area contributed by atoms with E-state index in [9.17, 15) is 13.2 Å². The lowest BCUT2D eigenvalue weighted by Gasteiger charge is -2.06. The second-order valence-electron chi connectivity index (χ2n) is 4.70. The molecule has 1 heterocycles. The third-order valence-electron chi connectivity index (χ3n) is 2.99. The molecule has 5 nitrogen and oxygen atoms in total. The van der Waals surface area contributed by atoms with E-state index in [1.165, 1.54) is 12.1 Å². The molecule has 112 valence electrons. The number of primary sulfonamides is 1. The van der Waals surface area contributed by atoms with E-state index in [1.807, 2.05) is 19.9 Å². The SMILES string of the molecule is Cc1cc(C(=O)NCc2ccc(S(N)(=O)=O)cc2)c(C)s1. The van der Waals surface area contributed by atoms with Gasteiger partial charge in [0.1, 0.15) is 0 Å². The maximum Gasteiger partial charge on any atom is 0.252 e. The molecule has 0 atom stereocenters. The Hall–Kier alpha value is -1.70. The largest absolute Gasteiger partial charge is 0.348 e. The van der Waals surface area contributed by atoms with Crippen molar-refractivity contribution in [3.8, 4) is 0 Å². The standard InChI is InChI=1S/C14H16N2O3S2/c1-9-7-13(10(2)20-9)14(17)16-8-11-3-5-12(6-4-11)21(15,18)19/h3-7H,8H2,1-2H3,(H,16,17)(H2,15,18,19). The van der Waals surface area contributed by atoms with Gasteiger partial charge in [-0.15, -0.1) is 11.3 Å². The minimum Gasteiger partial charge on any atom is -0.348 e. The van der Waals surface area contributed by atoms with Crippen molar-refractivity contribution in [1.29, 1.82) is 0 Å². The lowest BCUT2D eigenvalue weighted by atomic mass is 10.2. The van der Waals surface area contributed by atoms with E-state index >= 15 is 0 Å². The van der Waals surface area contributed by atoms with Gasteiger partial charge in [0, 0.05) is 16.3 Å². The minimum absolute atomic E-state index is 0.0573. The van der Waals surface area contributed by atoms with Crippen molar-refractivity contribution in [2.24, 2.45) is 5.14 Å². The number of amides is 1. The van der Waals surface area contributed by atoms with Crippen molar-refractivity contribution >= 4 is 27.3 Å². The fraction of sp³-hybridized carbons (Fsp3) is 0.214. The molecule has 0 aliphatic heterocycles. The highest BCUT2D eigenvalue weighted by atomic mass is 32.2. The van der Waals surface area contributed by atoms with Gasteiger partial charge < -0.3 is 5.32 Å². The Balaban J connectivity index is 2.03. The first-order chi connectivity index (χ1) is 9.77. The number of benzene rings is 1. The van der Waals surface area contributed by atoms with Crippen molar-refractivity contribution in [3.05, 3.63) is 51.2 Å². The molecular formula is C14H16N2O3S2. The third-order valence-corrected chi connectivity index (χ3v) is 4.89. The van der Waals surface area contributed by atoms with Crippen LogP contribution < -0.4 is 10.5 Å². The van der Waals surface area contributed by atoms with Crippen LogP contribution in [0.1, 0.15) is 25.7 Å². The van der Waals surface area contributed by atoms with E-state index in [0.29, 0.717) is 12.1 Å². The predicted octanol–water partition coefficient (Wildman–Crippen LogP) is 1.94. The first kappa shape index (κ1) is 15.7. The summed E-state index contributed by atoms with van der Waals surface area (Å²) in [5, 5.41) is 7.84. The molecule has 3 N–H and O–H groups in total. The summed E-state index contributed by atoms with van der Waals surface area (Å²) in [5.74, 6) is -0.132. The first-order valence-electron chi connectivity index (χ1n) is 6.24. The average Bonchev–Trinajstić information content (AvgIpc) is 2.74. The van der Waals surface area contributed by atoms with Gasteiger partial charge in [-0.3, -0.25) is 4.79 Å². The van der Waals surface area contributed by atoms with Crippen LogP contribution in [-0.4, -0.2) is 14.3 Å². The molecule has 0 aliphatic carbocycles. The van der Waals surface area contributed by atoms with Crippen LogP contribution >= 0.6 is 11.3 Å². The monoisotopic (exact) mass is 324 g/mol. The summed E-state index contributed by atoms with van der Waals surface area (Å²) in [7, 11) is -3.68. The van der Waals surface area contributed by atoms with Gasteiger partial charge in [0.05, 0.1) is 10.5 Å². The molecule has 0 unspecified atom stereocenters. The Morgan fingerprint density at radius 1 is 1.24 bits per heavy atom. The number of rotatable bonds is 4. The zero-order valence-corrected chi connectivity index (χ0v) is 13.3. The van der Waals surface area contributed by atoms with Gasteiger partial charge in [0.2, 0.25) is 10.0 Å². The summed E-state index contributed by atoms with van der Waals surface area (Å²) in [6, 6.07) is 7.98. The molecule has 2 rings (SSSR count). The van der Waals surface area contributed by atoms with Crippen molar-refractivity contribution in [3.63, 3.8) is 0 Å². The van der Waals surface area contributed by atoms with Crippen LogP contribution in [0.2, 0.25) is 0 Å². The highest BCUT2D eigenvalue weighted by Gasteiger charge is 2.12. The topological polar surface area (TPSA) is 89.3 Å². The molecule has 1 aromatic carbocycles.